The van der Waals surface area contributed by atoms with Crippen LogP contribution in [-0.2, 0) is 11.3 Å². The molecular formula is C19H18N6O. The van der Waals surface area contributed by atoms with Crippen molar-refractivity contribution in [3.63, 3.8) is 0 Å². The number of rotatable bonds is 6. The minimum atomic E-state index is -0.00871. The van der Waals surface area contributed by atoms with Gasteiger partial charge in [0.25, 0.3) is 0 Å². The van der Waals surface area contributed by atoms with Crippen LogP contribution in [0.4, 0.5) is 5.69 Å². The Morgan fingerprint density at radius 2 is 2.00 bits per heavy atom. The lowest BCUT2D eigenvalue weighted by Crippen LogP contribution is -2.12. The summed E-state index contributed by atoms with van der Waals surface area (Å²) in [5.41, 5.74) is 3.61. The van der Waals surface area contributed by atoms with E-state index >= 15 is 0 Å². The van der Waals surface area contributed by atoms with Crippen LogP contribution in [0.5, 0.6) is 0 Å². The zero-order chi connectivity index (χ0) is 17.8. The van der Waals surface area contributed by atoms with E-state index in [9.17, 15) is 4.79 Å². The van der Waals surface area contributed by atoms with Gasteiger partial charge in [-0.3, -0.25) is 9.48 Å². The lowest BCUT2D eigenvalue weighted by Gasteiger charge is -2.06. The van der Waals surface area contributed by atoms with Crippen molar-refractivity contribution in [2.75, 3.05) is 5.32 Å². The average molecular weight is 346 g/mol. The van der Waals surface area contributed by atoms with Crippen LogP contribution < -0.4 is 5.32 Å². The van der Waals surface area contributed by atoms with Gasteiger partial charge < -0.3 is 9.72 Å². The number of benzene rings is 1. The fourth-order valence-corrected chi connectivity index (χ4v) is 2.77. The van der Waals surface area contributed by atoms with Crippen LogP contribution in [0.15, 0.2) is 67.5 Å². The number of pyridine rings is 1. The fourth-order valence-electron chi connectivity index (χ4n) is 2.77. The van der Waals surface area contributed by atoms with Gasteiger partial charge in [0.1, 0.15) is 18.3 Å². The van der Waals surface area contributed by atoms with Gasteiger partial charge in [-0.15, -0.1) is 0 Å². The van der Waals surface area contributed by atoms with Crippen LogP contribution in [0.1, 0.15) is 12.8 Å². The molecular weight excluding hydrogens is 328 g/mol. The summed E-state index contributed by atoms with van der Waals surface area (Å²) in [6.45, 7) is 0.681. The minimum Gasteiger partial charge on any atom is -0.326 e. The van der Waals surface area contributed by atoms with Gasteiger partial charge in [-0.05, 0) is 30.7 Å². The molecule has 1 N–H and O–H groups in total. The van der Waals surface area contributed by atoms with Crippen molar-refractivity contribution in [1.82, 2.24) is 24.1 Å². The highest BCUT2D eigenvalue weighted by atomic mass is 16.1. The summed E-state index contributed by atoms with van der Waals surface area (Å²) < 4.78 is 3.71. The van der Waals surface area contributed by atoms with E-state index in [-0.39, 0.29) is 5.91 Å². The molecule has 0 bridgehead atoms. The van der Waals surface area contributed by atoms with Gasteiger partial charge in [0.15, 0.2) is 0 Å². The first kappa shape index (κ1) is 16.0. The largest absolute Gasteiger partial charge is 0.326 e. The fraction of sp³-hybridized carbons (Fsp3) is 0.158. The first-order chi connectivity index (χ1) is 12.8. The summed E-state index contributed by atoms with van der Waals surface area (Å²) in [6, 6.07) is 13.6. The molecule has 3 aromatic heterocycles. The molecule has 3 heterocycles. The van der Waals surface area contributed by atoms with Gasteiger partial charge in [0.05, 0.1) is 5.69 Å². The number of nitrogens with zero attached hydrogens (tertiary/aromatic N) is 5. The minimum absolute atomic E-state index is 0.00871. The molecule has 26 heavy (non-hydrogen) atoms. The van der Waals surface area contributed by atoms with Crippen LogP contribution in [-0.4, -0.2) is 30.1 Å². The maximum absolute atomic E-state index is 12.0. The number of anilines is 1. The summed E-state index contributed by atoms with van der Waals surface area (Å²) in [4.78, 5) is 20.5. The molecule has 0 unspecified atom stereocenters. The van der Waals surface area contributed by atoms with Gasteiger partial charge >= 0.3 is 0 Å². The number of carbonyl (C=O) groups excluding carboxylic acids is 1. The number of aryl methyl sites for hydroxylation is 1. The third-order valence-electron chi connectivity index (χ3n) is 4.09. The van der Waals surface area contributed by atoms with E-state index in [1.165, 1.54) is 6.33 Å². The molecule has 0 radical (unpaired) electrons. The second-order valence-electron chi connectivity index (χ2n) is 5.98. The van der Waals surface area contributed by atoms with Crippen molar-refractivity contribution >= 4 is 17.2 Å². The molecule has 4 aromatic rings. The number of fused-ring (bicyclic) bond motifs is 1. The number of aromatic nitrogens is 5. The van der Waals surface area contributed by atoms with Crippen molar-refractivity contribution in [3.05, 3.63) is 67.5 Å². The predicted molar refractivity (Wildman–Crippen MR) is 98.5 cm³/mol. The van der Waals surface area contributed by atoms with Crippen molar-refractivity contribution < 1.29 is 4.79 Å². The zero-order valence-electron chi connectivity index (χ0n) is 14.1. The van der Waals surface area contributed by atoms with Gasteiger partial charge in [-0.1, -0.05) is 18.2 Å². The van der Waals surface area contributed by atoms with Crippen LogP contribution in [0, 0.1) is 0 Å². The van der Waals surface area contributed by atoms with E-state index in [2.05, 4.69) is 20.4 Å². The molecule has 0 aliphatic carbocycles. The molecule has 4 rings (SSSR count). The molecule has 0 aliphatic heterocycles. The molecule has 1 amide bonds. The number of imidazole rings is 1. The normalized spacial score (nSPS) is 10.9. The zero-order valence-corrected chi connectivity index (χ0v) is 14.1. The van der Waals surface area contributed by atoms with Gasteiger partial charge in [0.2, 0.25) is 5.91 Å². The van der Waals surface area contributed by atoms with E-state index < -0.39 is 0 Å². The van der Waals surface area contributed by atoms with Gasteiger partial charge in [0, 0.05) is 36.6 Å². The topological polar surface area (TPSA) is 77.1 Å². The molecule has 7 heteroatoms. The predicted octanol–water partition coefficient (Wildman–Crippen LogP) is 3.01. The van der Waals surface area contributed by atoms with Crippen molar-refractivity contribution in [2.24, 2.45) is 0 Å². The molecule has 130 valence electrons. The number of carbonyl (C=O) groups is 1. The van der Waals surface area contributed by atoms with E-state index in [1.807, 2.05) is 59.3 Å². The highest BCUT2D eigenvalue weighted by molar-refractivity contribution is 5.90. The SMILES string of the molecule is O=C(CCCn1cncn1)Nc1ccc(-c2cn3ccccc3n2)cc1. The molecule has 0 aliphatic rings. The number of hydrogen-bond donors (Lipinski definition) is 1. The van der Waals surface area contributed by atoms with E-state index in [0.29, 0.717) is 19.4 Å². The summed E-state index contributed by atoms with van der Waals surface area (Å²) in [5.74, 6) is -0.00871. The average Bonchev–Trinajstić information content (AvgIpc) is 3.31. The van der Waals surface area contributed by atoms with E-state index in [0.717, 1.165) is 22.6 Å². The molecule has 0 spiro atoms. The van der Waals surface area contributed by atoms with Gasteiger partial charge in [-0.25, -0.2) is 9.97 Å². The van der Waals surface area contributed by atoms with E-state index in [4.69, 9.17) is 0 Å². The quantitative estimate of drug-likeness (QED) is 0.582. The molecule has 0 atom stereocenters. The monoisotopic (exact) mass is 346 g/mol. The summed E-state index contributed by atoms with van der Waals surface area (Å²) in [6.07, 6.45) is 8.26. The van der Waals surface area contributed by atoms with Crippen molar-refractivity contribution in [3.8, 4) is 11.3 Å². The Bertz CT molecular complexity index is 971. The Balaban J connectivity index is 1.35. The summed E-state index contributed by atoms with van der Waals surface area (Å²) in [5, 5.41) is 6.93. The van der Waals surface area contributed by atoms with Crippen LogP contribution in [0.25, 0.3) is 16.9 Å². The third-order valence-corrected chi connectivity index (χ3v) is 4.09. The highest BCUT2D eigenvalue weighted by Crippen LogP contribution is 2.21. The Morgan fingerprint density at radius 3 is 2.77 bits per heavy atom. The molecule has 0 saturated carbocycles. The first-order valence-corrected chi connectivity index (χ1v) is 8.44. The maximum Gasteiger partial charge on any atom is 0.224 e. The van der Waals surface area contributed by atoms with Gasteiger partial charge in [-0.2, -0.15) is 5.10 Å². The molecule has 1 aromatic carbocycles. The van der Waals surface area contributed by atoms with Crippen molar-refractivity contribution in [1.29, 1.82) is 0 Å². The Hall–Kier alpha value is -3.48. The first-order valence-electron chi connectivity index (χ1n) is 8.44. The number of amides is 1. The molecule has 0 saturated heterocycles. The highest BCUT2D eigenvalue weighted by Gasteiger charge is 2.06. The second-order valence-corrected chi connectivity index (χ2v) is 5.98. The standard InChI is InChI=1S/C19H18N6O/c26-19(5-3-11-25-14-20-13-21-25)22-16-8-6-15(7-9-16)17-12-24-10-2-1-4-18(24)23-17/h1-2,4,6-10,12-14H,3,5,11H2,(H,22,26). The van der Waals surface area contributed by atoms with Crippen molar-refractivity contribution in [2.45, 2.75) is 19.4 Å². The number of nitrogens with one attached hydrogen (secondary N) is 1. The maximum atomic E-state index is 12.0. The third kappa shape index (κ3) is 3.61. The lowest BCUT2D eigenvalue weighted by atomic mass is 10.1. The Morgan fingerprint density at radius 1 is 1.12 bits per heavy atom. The summed E-state index contributed by atoms with van der Waals surface area (Å²) in [7, 11) is 0. The molecule has 7 nitrogen and oxygen atoms in total. The van der Waals surface area contributed by atoms with Crippen LogP contribution >= 0.6 is 0 Å². The van der Waals surface area contributed by atoms with E-state index in [1.54, 1.807) is 11.0 Å². The Kier molecular flexibility index (Phi) is 4.42. The number of hydrogen-bond acceptors (Lipinski definition) is 4. The Labute approximate surface area is 150 Å². The lowest BCUT2D eigenvalue weighted by molar-refractivity contribution is -0.116. The van der Waals surface area contributed by atoms with Crippen LogP contribution in [0.2, 0.25) is 0 Å². The smallest absolute Gasteiger partial charge is 0.224 e. The second kappa shape index (κ2) is 7.18. The molecule has 0 fully saturated rings. The van der Waals surface area contributed by atoms with Crippen LogP contribution in [0.3, 0.4) is 0 Å². The summed E-state index contributed by atoms with van der Waals surface area (Å²) >= 11 is 0.